The molecule has 5 aliphatic heterocycles. The van der Waals surface area contributed by atoms with Crippen LogP contribution in [-0.2, 0) is 52.2 Å². The molecule has 3 fully saturated rings. The van der Waals surface area contributed by atoms with E-state index in [-0.39, 0.29) is 109 Å². The van der Waals surface area contributed by atoms with Crippen molar-refractivity contribution in [2.45, 2.75) is 198 Å². The van der Waals surface area contributed by atoms with Crippen molar-refractivity contribution in [1.29, 1.82) is 0 Å². The van der Waals surface area contributed by atoms with E-state index in [2.05, 4.69) is 52.1 Å². The van der Waals surface area contributed by atoms with E-state index in [1.165, 1.54) is 12.1 Å². The summed E-state index contributed by atoms with van der Waals surface area (Å²) in [6.07, 6.45) is 10.1. The zero-order chi connectivity index (χ0) is 53.4. The molecule has 3 saturated heterocycles. The first-order valence-corrected chi connectivity index (χ1v) is 26.3. The molecule has 3 N–H and O–H groups in total. The number of carboxylic acid groups (broad SMARTS) is 1. The van der Waals surface area contributed by atoms with Crippen LogP contribution in [0.1, 0.15) is 112 Å². The number of aliphatic hydroxyl groups is 2. The molecule has 1 aliphatic carbocycles. The van der Waals surface area contributed by atoms with E-state index in [0.29, 0.717) is 30.4 Å². The van der Waals surface area contributed by atoms with Crippen LogP contribution in [0.25, 0.3) is 0 Å². The zero-order valence-electron chi connectivity index (χ0n) is 46.3. The van der Waals surface area contributed by atoms with Crippen LogP contribution in [0.15, 0.2) is 89.6 Å². The predicted molar refractivity (Wildman–Crippen MR) is 272 cm³/mol. The number of allylic oxidation sites excluding steroid dienone is 2. The number of aromatic carboxylic acids is 1. The number of esters is 1. The summed E-state index contributed by atoms with van der Waals surface area (Å²) in [7, 11) is 5.30. The molecule has 0 radical (unpaired) electrons. The van der Waals surface area contributed by atoms with Crippen molar-refractivity contribution >= 4 is 11.9 Å². The van der Waals surface area contributed by atoms with Crippen LogP contribution in [0, 0.1) is 23.7 Å². The van der Waals surface area contributed by atoms with Crippen molar-refractivity contribution in [2.75, 3.05) is 27.9 Å². The number of benzene rings is 1. The molecule has 0 saturated carbocycles. The molecule has 408 valence electrons. The Morgan fingerprint density at radius 3 is 2.20 bits per heavy atom. The number of cyclic esters (lactones) is 1. The third-order valence-electron chi connectivity index (χ3n) is 15.6. The zero-order valence-corrected chi connectivity index (χ0v) is 48.3. The molecule has 0 aromatic heterocycles. The third-order valence-corrected chi connectivity index (χ3v) is 15.6. The summed E-state index contributed by atoms with van der Waals surface area (Å²) in [5.41, 5.74) is 0.359. The maximum Gasteiger partial charge on any atom is 1.00 e. The molecule has 7 rings (SSSR count). The summed E-state index contributed by atoms with van der Waals surface area (Å²) in [5.74, 6) is -3.84. The molecule has 1 aromatic rings. The summed E-state index contributed by atoms with van der Waals surface area (Å²) in [6, 6.07) is 8.10. The fourth-order valence-electron chi connectivity index (χ4n) is 11.2. The van der Waals surface area contributed by atoms with E-state index < -0.39 is 72.3 Å². The van der Waals surface area contributed by atoms with Gasteiger partial charge in [-0.3, -0.25) is 4.79 Å². The molecule has 0 bridgehead atoms. The van der Waals surface area contributed by atoms with Crippen molar-refractivity contribution in [2.24, 2.45) is 23.7 Å². The van der Waals surface area contributed by atoms with Crippen LogP contribution in [-0.4, -0.2) is 147 Å². The largest absolute Gasteiger partial charge is 1.00 e. The number of hydrogen-bond acceptors (Lipinski definition) is 16. The topological polar surface area (TPSA) is 202 Å². The van der Waals surface area contributed by atoms with E-state index in [4.69, 9.17) is 47.4 Å². The van der Waals surface area contributed by atoms with Gasteiger partial charge < -0.3 is 72.8 Å². The van der Waals surface area contributed by atoms with Crippen LogP contribution in [0.2, 0.25) is 0 Å². The molecule has 5 heterocycles. The van der Waals surface area contributed by atoms with Gasteiger partial charge in [0.05, 0.1) is 61.3 Å². The number of likely N-dealkylation sites (N-methyl/N-ethyl adjacent to an activating group) is 1. The molecule has 74 heavy (non-hydrogen) atoms. The molecule has 3 unspecified atom stereocenters. The third kappa shape index (κ3) is 14.7. The maximum absolute atomic E-state index is 14.2. The van der Waals surface area contributed by atoms with Crippen LogP contribution < -0.4 is 40.0 Å². The van der Waals surface area contributed by atoms with Gasteiger partial charge in [-0.15, -0.1) is 0 Å². The minimum Gasteiger partial charge on any atom is -0.545 e. The minimum atomic E-state index is -1.85. The number of carboxylic acids is 1. The van der Waals surface area contributed by atoms with Crippen molar-refractivity contribution in [3.05, 3.63) is 95.1 Å². The number of ether oxygens (including phenoxy) is 10. The van der Waals surface area contributed by atoms with Crippen molar-refractivity contribution < 1.29 is 102 Å². The molecule has 1 aromatic carbocycles. The summed E-state index contributed by atoms with van der Waals surface area (Å²) in [5, 5.41) is 37.1. The van der Waals surface area contributed by atoms with Crippen molar-refractivity contribution in [3.63, 3.8) is 0 Å². The Morgan fingerprint density at radius 2 is 1.57 bits per heavy atom. The fraction of sp³-hybridized carbons (Fsp3) is 0.684. The monoisotopic (exact) mass is 1050 g/mol. The Morgan fingerprint density at radius 1 is 0.905 bits per heavy atom. The summed E-state index contributed by atoms with van der Waals surface area (Å²) < 4.78 is 64.4. The fourth-order valence-corrected chi connectivity index (χ4v) is 11.2. The van der Waals surface area contributed by atoms with Gasteiger partial charge >= 0.3 is 35.5 Å². The van der Waals surface area contributed by atoms with Gasteiger partial charge in [-0.05, 0) is 89.3 Å². The van der Waals surface area contributed by atoms with E-state index in [1.807, 2.05) is 53.0 Å². The van der Waals surface area contributed by atoms with Crippen LogP contribution in [0.4, 0.5) is 0 Å². The van der Waals surface area contributed by atoms with Gasteiger partial charge in [-0.1, -0.05) is 101 Å². The quantitative estimate of drug-likeness (QED) is 0.175. The Balaban J connectivity index is 0.000000915. The van der Waals surface area contributed by atoms with E-state index in [9.17, 15) is 24.9 Å². The molecule has 17 heteroatoms. The minimum absolute atomic E-state index is 0. The van der Waals surface area contributed by atoms with Gasteiger partial charge in [-0.2, -0.15) is 0 Å². The standard InChI is InChI=1S/C50H79NO13.C7H6O2.Na/c1-14-27(2)45-30(5)20-21-49(64-45)25-33(8)58-48(53)37-22-31(6)43(52)47-50(37,54)36(26-57-47)17-15-16-28(3)44(29(4)18-19-32(7)63-49)61-41-24-39(56-13)46(35(10)60-41)62-40-23-38(55-12)42(51-11)34(9)59-40;8-7(9)6-4-2-1-3-5-6;/h15-18,20-22,27-28,30,32-35,37-47,51-52,54H,14,19,23-26H2,1-13H3;1-5H,(H,8,9);/q;;+1/p-1/b16-15+,29-18+,36-17+;;/t27?,28-,30-,32-,33-,34-,35-,37-,38-,39-,40-,41-,42+,43+,44-,45+,46-,47?,49+,50?;;/m0../s1. The number of aliphatic hydroxyl groups excluding tert-OH is 1. The van der Waals surface area contributed by atoms with Gasteiger partial charge in [0.1, 0.15) is 35.9 Å². The van der Waals surface area contributed by atoms with E-state index in [1.54, 1.807) is 51.5 Å². The van der Waals surface area contributed by atoms with Crippen LogP contribution >= 0.6 is 0 Å². The molecule has 1 spiro atoms. The molecular formula is C57H84NNaO15. The molecule has 0 amide bonds. The Bertz CT molecular complexity index is 2140. The maximum atomic E-state index is 14.2. The summed E-state index contributed by atoms with van der Waals surface area (Å²) in [4.78, 5) is 24.3. The van der Waals surface area contributed by atoms with Gasteiger partial charge in [-0.25, -0.2) is 0 Å². The van der Waals surface area contributed by atoms with Gasteiger partial charge in [0.15, 0.2) is 18.4 Å². The van der Waals surface area contributed by atoms with Crippen LogP contribution in [0.5, 0.6) is 0 Å². The van der Waals surface area contributed by atoms with Crippen molar-refractivity contribution in [3.8, 4) is 0 Å². The van der Waals surface area contributed by atoms with Crippen molar-refractivity contribution in [1.82, 2.24) is 5.32 Å². The summed E-state index contributed by atoms with van der Waals surface area (Å²) in [6.45, 7) is 20.2. The second-order valence-electron chi connectivity index (χ2n) is 21.1. The Labute approximate surface area is 461 Å². The first-order chi connectivity index (χ1) is 34.7. The van der Waals surface area contributed by atoms with Gasteiger partial charge in [0.2, 0.25) is 0 Å². The molecular weight excluding hydrogens is 962 g/mol. The van der Waals surface area contributed by atoms with Crippen LogP contribution in [0.3, 0.4) is 0 Å². The van der Waals surface area contributed by atoms with Gasteiger partial charge in [0.25, 0.3) is 0 Å². The molecule has 20 atom stereocenters. The van der Waals surface area contributed by atoms with E-state index in [0.717, 1.165) is 12.0 Å². The first-order valence-electron chi connectivity index (χ1n) is 26.3. The molecule has 16 nitrogen and oxygen atoms in total. The number of rotatable bonds is 10. The van der Waals surface area contributed by atoms with E-state index >= 15 is 0 Å². The summed E-state index contributed by atoms with van der Waals surface area (Å²) >= 11 is 0. The Kier molecular flexibility index (Phi) is 23.4. The second-order valence-corrected chi connectivity index (χ2v) is 21.1. The Hall–Kier alpha value is -2.62. The predicted octanol–water partition coefficient (Wildman–Crippen LogP) is 3.29. The average Bonchev–Trinajstić information content (AvgIpc) is 3.70. The normalized spacial score (nSPS) is 42.2. The van der Waals surface area contributed by atoms with Gasteiger partial charge in [0, 0.05) is 45.3 Å². The number of methoxy groups -OCH3 is 2. The SMILES string of the molecule is CCC(C)[C@H]1O[C@]2(C=C[C@@H]1C)C[C@H](C)OC(=O)[C@@H]1C=C(C)[C@@H](O)C3OC/C(=C\C=C\[C@H](C)[C@H](O[C@H]4C[C@H](OC)[C@@H](O[C@H]5C[C@H](OC)[C@H](NC)[C@H](C)O5)[C@H](C)O4)/C(C)=C/C[C@H](C)O2)C31O.O=C([O-])c1ccccc1.[Na+]. The smallest absolute Gasteiger partial charge is 0.545 e. The average molecular weight is 1050 g/mol. The number of carbonyl (C=O) groups is 2. The second kappa shape index (κ2) is 27.8. The number of hydrogen-bond donors (Lipinski definition) is 3. The number of nitrogens with one attached hydrogen (secondary N) is 1. The molecule has 6 aliphatic rings. The first kappa shape index (κ1) is 62.2. The number of carbonyl (C=O) groups excluding carboxylic acids is 2.